The van der Waals surface area contributed by atoms with E-state index in [0.29, 0.717) is 17.9 Å². The number of halogens is 2. The van der Waals surface area contributed by atoms with Gasteiger partial charge in [-0.05, 0) is 36.2 Å². The van der Waals surface area contributed by atoms with Crippen LogP contribution in [-0.4, -0.2) is 9.91 Å². The average molecular weight is 340 g/mol. The molecule has 0 saturated heterocycles. The van der Waals surface area contributed by atoms with Gasteiger partial charge in [0.05, 0.1) is 4.92 Å². The molecule has 0 saturated carbocycles. The summed E-state index contributed by atoms with van der Waals surface area (Å²) in [5, 5.41) is 13.7. The summed E-state index contributed by atoms with van der Waals surface area (Å²) in [4.78, 5) is 14.1. The molecule has 0 unspecified atom stereocenters. The van der Waals surface area contributed by atoms with Gasteiger partial charge in [0, 0.05) is 17.1 Å². The number of nitro groups is 1. The SMILES string of the molecule is Cc1cc([N+](=O)[O-])cnc1NCc1cc(F)ccc1Br. The Morgan fingerprint density at radius 3 is 2.85 bits per heavy atom. The van der Waals surface area contributed by atoms with Crippen molar-refractivity contribution >= 4 is 27.4 Å². The van der Waals surface area contributed by atoms with Crippen molar-refractivity contribution in [3.05, 3.63) is 62.0 Å². The number of rotatable bonds is 4. The van der Waals surface area contributed by atoms with E-state index in [2.05, 4.69) is 26.2 Å². The van der Waals surface area contributed by atoms with Gasteiger partial charge in [0.2, 0.25) is 0 Å². The molecule has 1 N–H and O–H groups in total. The Kier molecular flexibility index (Phi) is 4.29. The van der Waals surface area contributed by atoms with Gasteiger partial charge in [-0.25, -0.2) is 9.37 Å². The third-order valence-corrected chi connectivity index (χ3v) is 3.50. The number of aryl methyl sites for hydroxylation is 1. The summed E-state index contributed by atoms with van der Waals surface area (Å²) in [5.74, 6) is 0.213. The minimum absolute atomic E-state index is 0.0556. The summed E-state index contributed by atoms with van der Waals surface area (Å²) in [6, 6.07) is 5.85. The van der Waals surface area contributed by atoms with Crippen molar-refractivity contribution in [1.29, 1.82) is 0 Å². The van der Waals surface area contributed by atoms with Gasteiger partial charge in [-0.1, -0.05) is 15.9 Å². The highest BCUT2D eigenvalue weighted by Gasteiger charge is 2.10. The van der Waals surface area contributed by atoms with E-state index < -0.39 is 4.92 Å². The Labute approximate surface area is 123 Å². The molecule has 0 radical (unpaired) electrons. The van der Waals surface area contributed by atoms with E-state index >= 15 is 0 Å². The number of anilines is 1. The highest BCUT2D eigenvalue weighted by molar-refractivity contribution is 9.10. The van der Waals surface area contributed by atoms with Crippen LogP contribution in [-0.2, 0) is 6.54 Å². The molecule has 0 bridgehead atoms. The number of nitrogens with one attached hydrogen (secondary N) is 1. The van der Waals surface area contributed by atoms with Crippen LogP contribution >= 0.6 is 15.9 Å². The predicted molar refractivity (Wildman–Crippen MR) is 77.1 cm³/mol. The van der Waals surface area contributed by atoms with E-state index in [-0.39, 0.29) is 11.5 Å². The summed E-state index contributed by atoms with van der Waals surface area (Å²) in [6.45, 7) is 2.09. The minimum atomic E-state index is -0.493. The highest BCUT2D eigenvalue weighted by atomic mass is 79.9. The second-order valence-corrected chi connectivity index (χ2v) is 5.06. The van der Waals surface area contributed by atoms with E-state index in [4.69, 9.17) is 0 Å². The quantitative estimate of drug-likeness (QED) is 0.679. The molecule has 7 heteroatoms. The maximum atomic E-state index is 13.2. The monoisotopic (exact) mass is 339 g/mol. The number of benzene rings is 1. The van der Waals surface area contributed by atoms with Crippen LogP contribution in [0.4, 0.5) is 15.9 Å². The fourth-order valence-corrected chi connectivity index (χ4v) is 2.09. The van der Waals surface area contributed by atoms with Crippen molar-refractivity contribution in [3.8, 4) is 0 Å². The first kappa shape index (κ1) is 14.4. The molecule has 0 aliphatic heterocycles. The summed E-state index contributed by atoms with van der Waals surface area (Å²) in [5.41, 5.74) is 1.34. The molecule has 1 aromatic carbocycles. The standard InChI is InChI=1S/C13H11BrFN3O2/c1-8-4-11(18(19)20)7-17-13(8)16-6-9-5-10(15)2-3-12(9)14/h2-5,7H,6H2,1H3,(H,16,17). The lowest BCUT2D eigenvalue weighted by molar-refractivity contribution is -0.385. The molecule has 2 aromatic rings. The molecule has 0 aliphatic carbocycles. The van der Waals surface area contributed by atoms with Crippen LogP contribution in [0.1, 0.15) is 11.1 Å². The molecular weight excluding hydrogens is 329 g/mol. The Balaban J connectivity index is 2.15. The second kappa shape index (κ2) is 5.96. The fraction of sp³-hybridized carbons (Fsp3) is 0.154. The maximum absolute atomic E-state index is 13.2. The summed E-state index contributed by atoms with van der Waals surface area (Å²) >= 11 is 3.34. The first-order valence-corrected chi connectivity index (χ1v) is 6.55. The van der Waals surface area contributed by atoms with Gasteiger partial charge in [0.1, 0.15) is 17.8 Å². The Hall–Kier alpha value is -2.02. The van der Waals surface area contributed by atoms with Crippen LogP contribution in [0, 0.1) is 22.9 Å². The third-order valence-electron chi connectivity index (χ3n) is 2.73. The first-order chi connectivity index (χ1) is 9.47. The van der Waals surface area contributed by atoms with Crippen molar-refractivity contribution in [2.24, 2.45) is 0 Å². The van der Waals surface area contributed by atoms with Gasteiger partial charge >= 0.3 is 0 Å². The number of nitrogens with zero attached hydrogens (tertiary/aromatic N) is 2. The van der Waals surface area contributed by atoms with Crippen molar-refractivity contribution in [2.75, 3.05) is 5.32 Å². The smallest absolute Gasteiger partial charge is 0.287 e. The second-order valence-electron chi connectivity index (χ2n) is 4.21. The van der Waals surface area contributed by atoms with Gasteiger partial charge in [-0.2, -0.15) is 0 Å². The molecule has 2 rings (SSSR count). The maximum Gasteiger partial charge on any atom is 0.287 e. The van der Waals surface area contributed by atoms with Gasteiger partial charge in [-0.3, -0.25) is 10.1 Å². The molecule has 5 nitrogen and oxygen atoms in total. The van der Waals surface area contributed by atoms with E-state index in [1.807, 2.05) is 0 Å². The van der Waals surface area contributed by atoms with E-state index in [9.17, 15) is 14.5 Å². The van der Waals surface area contributed by atoms with E-state index in [1.165, 1.54) is 24.4 Å². The zero-order valence-corrected chi connectivity index (χ0v) is 12.1. The fourth-order valence-electron chi connectivity index (χ4n) is 1.70. The first-order valence-electron chi connectivity index (χ1n) is 5.76. The lowest BCUT2D eigenvalue weighted by Crippen LogP contribution is -2.04. The lowest BCUT2D eigenvalue weighted by atomic mass is 10.2. The molecule has 0 amide bonds. The van der Waals surface area contributed by atoms with E-state index in [1.54, 1.807) is 13.0 Å². The number of pyridine rings is 1. The molecule has 0 aliphatic rings. The summed E-state index contributed by atoms with van der Waals surface area (Å²) in [6.07, 6.45) is 1.19. The van der Waals surface area contributed by atoms with Crippen molar-refractivity contribution in [2.45, 2.75) is 13.5 Å². The molecule has 20 heavy (non-hydrogen) atoms. The molecule has 0 fully saturated rings. The van der Waals surface area contributed by atoms with E-state index in [0.717, 1.165) is 10.0 Å². The van der Waals surface area contributed by atoms with Gasteiger partial charge in [0.15, 0.2) is 0 Å². The van der Waals surface area contributed by atoms with Crippen LogP contribution in [0.5, 0.6) is 0 Å². The predicted octanol–water partition coefficient (Wildman–Crippen LogP) is 3.81. The Morgan fingerprint density at radius 1 is 1.45 bits per heavy atom. The van der Waals surface area contributed by atoms with Crippen molar-refractivity contribution in [1.82, 2.24) is 4.98 Å². The van der Waals surface area contributed by atoms with Gasteiger partial charge in [-0.15, -0.1) is 0 Å². The van der Waals surface area contributed by atoms with Gasteiger partial charge in [0.25, 0.3) is 5.69 Å². The Morgan fingerprint density at radius 2 is 2.20 bits per heavy atom. The molecule has 0 spiro atoms. The van der Waals surface area contributed by atoms with Gasteiger partial charge < -0.3 is 5.32 Å². The van der Waals surface area contributed by atoms with Crippen molar-refractivity contribution < 1.29 is 9.31 Å². The normalized spacial score (nSPS) is 10.3. The third kappa shape index (κ3) is 3.30. The van der Waals surface area contributed by atoms with Crippen LogP contribution in [0.25, 0.3) is 0 Å². The van der Waals surface area contributed by atoms with Crippen LogP contribution < -0.4 is 5.32 Å². The Bertz CT molecular complexity index is 664. The zero-order valence-electron chi connectivity index (χ0n) is 10.6. The largest absolute Gasteiger partial charge is 0.366 e. The van der Waals surface area contributed by atoms with Crippen LogP contribution in [0.15, 0.2) is 34.9 Å². The summed E-state index contributed by atoms with van der Waals surface area (Å²) in [7, 11) is 0. The lowest BCUT2D eigenvalue weighted by Gasteiger charge is -2.09. The van der Waals surface area contributed by atoms with Crippen molar-refractivity contribution in [3.63, 3.8) is 0 Å². The molecule has 0 atom stereocenters. The molecule has 1 aromatic heterocycles. The molecule has 1 heterocycles. The number of hydrogen-bond acceptors (Lipinski definition) is 4. The number of aromatic nitrogens is 1. The summed E-state index contributed by atoms with van der Waals surface area (Å²) < 4.78 is 13.9. The number of hydrogen-bond donors (Lipinski definition) is 1. The molecular formula is C13H11BrFN3O2. The van der Waals surface area contributed by atoms with Crippen LogP contribution in [0.2, 0.25) is 0 Å². The average Bonchev–Trinajstić information content (AvgIpc) is 2.40. The van der Waals surface area contributed by atoms with Crippen LogP contribution in [0.3, 0.4) is 0 Å². The zero-order chi connectivity index (χ0) is 14.7. The molecule has 104 valence electrons. The highest BCUT2D eigenvalue weighted by Crippen LogP contribution is 2.21. The topological polar surface area (TPSA) is 68.1 Å². The minimum Gasteiger partial charge on any atom is -0.366 e.